The van der Waals surface area contributed by atoms with Crippen molar-refractivity contribution in [3.8, 4) is 0 Å². The fourth-order valence-corrected chi connectivity index (χ4v) is 5.78. The predicted molar refractivity (Wildman–Crippen MR) is 124 cm³/mol. The highest BCUT2D eigenvalue weighted by Crippen LogP contribution is 2.28. The van der Waals surface area contributed by atoms with Gasteiger partial charge < -0.3 is 4.74 Å². The number of anilines is 1. The number of aryl methyl sites for hydroxylation is 1. The first-order valence-corrected chi connectivity index (χ1v) is 12.4. The number of sulfonamides is 1. The third-order valence-electron chi connectivity index (χ3n) is 5.79. The van der Waals surface area contributed by atoms with Gasteiger partial charge in [-0.1, -0.05) is 26.0 Å². The Morgan fingerprint density at radius 3 is 2.65 bits per heavy atom. The third kappa shape index (κ3) is 4.77. The van der Waals surface area contributed by atoms with Gasteiger partial charge in [-0.15, -0.1) is 0 Å². The number of fused-ring (bicyclic) bond motifs is 1. The Balaban J connectivity index is 1.66. The Kier molecular flexibility index (Phi) is 6.34. The highest BCUT2D eigenvalue weighted by molar-refractivity contribution is 7.92. The minimum Gasteiger partial charge on any atom is -0.381 e. The first-order valence-electron chi connectivity index (χ1n) is 11.0. The van der Waals surface area contributed by atoms with Crippen molar-refractivity contribution in [2.24, 2.45) is 11.8 Å². The van der Waals surface area contributed by atoms with E-state index < -0.39 is 10.0 Å². The van der Waals surface area contributed by atoms with E-state index >= 15 is 0 Å². The Bertz CT molecular complexity index is 1150. The summed E-state index contributed by atoms with van der Waals surface area (Å²) in [5, 5.41) is 5.39. The van der Waals surface area contributed by atoms with E-state index in [4.69, 9.17) is 4.74 Å². The van der Waals surface area contributed by atoms with E-state index in [-0.39, 0.29) is 5.92 Å². The largest absolute Gasteiger partial charge is 0.381 e. The molecule has 1 aromatic heterocycles. The summed E-state index contributed by atoms with van der Waals surface area (Å²) in [4.78, 5) is 0.299. The van der Waals surface area contributed by atoms with Crippen LogP contribution in [-0.4, -0.2) is 38.0 Å². The van der Waals surface area contributed by atoms with Crippen LogP contribution in [0.3, 0.4) is 0 Å². The number of nitrogens with zero attached hydrogens (tertiary/aromatic N) is 3. The van der Waals surface area contributed by atoms with Crippen LogP contribution < -0.4 is 4.31 Å². The highest BCUT2D eigenvalue weighted by atomic mass is 32.2. The zero-order chi connectivity index (χ0) is 22.0. The molecular formula is C24H31N3O3S. The summed E-state index contributed by atoms with van der Waals surface area (Å²) >= 11 is 0. The lowest BCUT2D eigenvalue weighted by atomic mass is 10.0. The molecule has 7 heteroatoms. The van der Waals surface area contributed by atoms with E-state index in [9.17, 15) is 8.42 Å². The van der Waals surface area contributed by atoms with Crippen molar-refractivity contribution in [1.82, 2.24) is 9.78 Å². The second-order valence-electron chi connectivity index (χ2n) is 8.87. The van der Waals surface area contributed by atoms with Gasteiger partial charge in [-0.25, -0.2) is 8.42 Å². The fourth-order valence-electron chi connectivity index (χ4n) is 4.13. The summed E-state index contributed by atoms with van der Waals surface area (Å²) < 4.78 is 36.2. The van der Waals surface area contributed by atoms with E-state index in [1.807, 2.05) is 55.8 Å². The lowest BCUT2D eigenvalue weighted by Gasteiger charge is -2.26. The highest BCUT2D eigenvalue weighted by Gasteiger charge is 2.26. The Labute approximate surface area is 184 Å². The molecule has 0 N–H and O–H groups in total. The SMILES string of the molecule is Cc1cccc(N(CC(C)C)S(=O)(=O)c2ccc3c(cnn3CC3CCOCC3)c2)c1. The summed E-state index contributed by atoms with van der Waals surface area (Å²) in [6.45, 7) is 8.90. The van der Waals surface area contributed by atoms with Gasteiger partial charge in [-0.2, -0.15) is 5.10 Å². The van der Waals surface area contributed by atoms with E-state index in [1.54, 1.807) is 18.3 Å². The van der Waals surface area contributed by atoms with Gasteiger partial charge in [0.05, 0.1) is 22.3 Å². The lowest BCUT2D eigenvalue weighted by Crippen LogP contribution is -2.34. The monoisotopic (exact) mass is 441 g/mol. The van der Waals surface area contributed by atoms with Gasteiger partial charge in [0.15, 0.2) is 0 Å². The molecule has 1 fully saturated rings. The van der Waals surface area contributed by atoms with E-state index in [0.29, 0.717) is 23.0 Å². The Morgan fingerprint density at radius 2 is 1.94 bits per heavy atom. The van der Waals surface area contributed by atoms with Crippen molar-refractivity contribution in [1.29, 1.82) is 0 Å². The summed E-state index contributed by atoms with van der Waals surface area (Å²) in [5.74, 6) is 0.740. The molecular weight excluding hydrogens is 410 g/mol. The minimum absolute atomic E-state index is 0.196. The maximum absolute atomic E-state index is 13.6. The van der Waals surface area contributed by atoms with E-state index in [1.165, 1.54) is 4.31 Å². The van der Waals surface area contributed by atoms with Crippen LogP contribution in [0.4, 0.5) is 5.69 Å². The quantitative estimate of drug-likeness (QED) is 0.537. The summed E-state index contributed by atoms with van der Waals surface area (Å²) in [6.07, 6.45) is 3.84. The molecule has 0 atom stereocenters. The van der Waals surface area contributed by atoms with Gasteiger partial charge in [-0.05, 0) is 67.5 Å². The molecule has 4 rings (SSSR count). The van der Waals surface area contributed by atoms with Crippen molar-refractivity contribution in [3.05, 3.63) is 54.2 Å². The second kappa shape index (κ2) is 9.01. The summed E-state index contributed by atoms with van der Waals surface area (Å²) in [5.41, 5.74) is 2.70. The molecule has 1 aliphatic heterocycles. The van der Waals surface area contributed by atoms with Gasteiger partial charge in [0.1, 0.15) is 0 Å². The molecule has 2 heterocycles. The summed E-state index contributed by atoms with van der Waals surface area (Å²) in [7, 11) is -3.70. The van der Waals surface area contributed by atoms with Crippen LogP contribution in [0.1, 0.15) is 32.3 Å². The van der Waals surface area contributed by atoms with Crippen LogP contribution in [-0.2, 0) is 21.3 Å². The van der Waals surface area contributed by atoms with Gasteiger partial charge in [0.25, 0.3) is 10.0 Å². The molecule has 0 saturated carbocycles. The second-order valence-corrected chi connectivity index (χ2v) is 10.7. The molecule has 0 spiro atoms. The molecule has 0 unspecified atom stereocenters. The van der Waals surface area contributed by atoms with Crippen LogP contribution in [0.5, 0.6) is 0 Å². The molecule has 0 aliphatic carbocycles. The maximum atomic E-state index is 13.6. The van der Waals surface area contributed by atoms with Gasteiger partial charge in [-0.3, -0.25) is 8.99 Å². The van der Waals surface area contributed by atoms with Crippen LogP contribution in [0.15, 0.2) is 53.6 Å². The van der Waals surface area contributed by atoms with Crippen molar-refractivity contribution in [2.45, 2.75) is 45.1 Å². The van der Waals surface area contributed by atoms with Crippen molar-refractivity contribution < 1.29 is 13.2 Å². The maximum Gasteiger partial charge on any atom is 0.264 e. The van der Waals surface area contributed by atoms with Crippen LogP contribution >= 0.6 is 0 Å². The first kappa shape index (κ1) is 21.8. The molecule has 1 aliphatic rings. The normalized spacial score (nSPS) is 15.6. The lowest BCUT2D eigenvalue weighted by molar-refractivity contribution is 0.0605. The average molecular weight is 442 g/mol. The van der Waals surface area contributed by atoms with E-state index in [2.05, 4.69) is 5.10 Å². The number of hydrogen-bond acceptors (Lipinski definition) is 4. The molecule has 0 bridgehead atoms. The smallest absolute Gasteiger partial charge is 0.264 e. The number of aromatic nitrogens is 2. The fraction of sp³-hybridized carbons (Fsp3) is 0.458. The molecule has 6 nitrogen and oxygen atoms in total. The number of benzene rings is 2. The molecule has 2 aromatic carbocycles. The minimum atomic E-state index is -3.70. The van der Waals surface area contributed by atoms with Crippen LogP contribution in [0, 0.1) is 18.8 Å². The zero-order valence-electron chi connectivity index (χ0n) is 18.5. The third-order valence-corrected chi connectivity index (χ3v) is 7.58. The van der Waals surface area contributed by atoms with Gasteiger partial charge in [0.2, 0.25) is 0 Å². The van der Waals surface area contributed by atoms with Gasteiger partial charge >= 0.3 is 0 Å². The number of ether oxygens (including phenoxy) is 1. The van der Waals surface area contributed by atoms with Crippen molar-refractivity contribution in [2.75, 3.05) is 24.1 Å². The van der Waals surface area contributed by atoms with Crippen molar-refractivity contribution in [3.63, 3.8) is 0 Å². The molecule has 3 aromatic rings. The number of rotatable bonds is 7. The van der Waals surface area contributed by atoms with E-state index in [0.717, 1.165) is 49.1 Å². The molecule has 166 valence electrons. The van der Waals surface area contributed by atoms with Gasteiger partial charge in [0, 0.05) is 31.7 Å². The average Bonchev–Trinajstić information content (AvgIpc) is 3.14. The summed E-state index contributed by atoms with van der Waals surface area (Å²) in [6, 6.07) is 13.0. The zero-order valence-corrected chi connectivity index (χ0v) is 19.3. The first-order chi connectivity index (χ1) is 14.8. The Hall–Kier alpha value is -2.38. The molecule has 1 saturated heterocycles. The molecule has 0 radical (unpaired) electrons. The number of hydrogen-bond donors (Lipinski definition) is 0. The Morgan fingerprint density at radius 1 is 1.16 bits per heavy atom. The predicted octanol–water partition coefficient (Wildman–Crippen LogP) is 4.62. The van der Waals surface area contributed by atoms with Crippen molar-refractivity contribution >= 4 is 26.6 Å². The topological polar surface area (TPSA) is 64.4 Å². The standard InChI is InChI=1S/C24H31N3O3S/c1-18(2)16-27(22-6-4-5-19(3)13-22)31(28,29)23-7-8-24-21(14-23)15-25-26(24)17-20-9-11-30-12-10-20/h4-8,13-15,18,20H,9-12,16-17H2,1-3H3. The molecule has 31 heavy (non-hydrogen) atoms. The van der Waals surface area contributed by atoms with Crippen LogP contribution in [0.2, 0.25) is 0 Å². The molecule has 0 amide bonds. The van der Waals surface area contributed by atoms with Crippen LogP contribution in [0.25, 0.3) is 10.9 Å².